The van der Waals surface area contributed by atoms with E-state index in [0.717, 1.165) is 16.5 Å². The van der Waals surface area contributed by atoms with Gasteiger partial charge in [0.05, 0.1) is 11.8 Å². The van der Waals surface area contributed by atoms with Crippen molar-refractivity contribution in [3.63, 3.8) is 0 Å². The van der Waals surface area contributed by atoms with Crippen molar-refractivity contribution in [3.8, 4) is 5.75 Å². The first-order chi connectivity index (χ1) is 11.1. The number of fused-ring (bicyclic) bond motifs is 1. The number of aromatic hydroxyl groups is 1. The molecule has 23 heavy (non-hydrogen) atoms. The molecule has 0 saturated heterocycles. The van der Waals surface area contributed by atoms with Crippen molar-refractivity contribution < 1.29 is 9.90 Å². The minimum atomic E-state index is -0.353. The Labute approximate surface area is 133 Å². The Morgan fingerprint density at radius 2 is 2.00 bits per heavy atom. The van der Waals surface area contributed by atoms with Crippen LogP contribution in [-0.2, 0) is 0 Å². The first-order valence-corrected chi connectivity index (χ1v) is 7.12. The molecule has 1 amide bonds. The summed E-state index contributed by atoms with van der Waals surface area (Å²) in [4.78, 5) is 16.0. The molecule has 2 N–H and O–H groups in total. The van der Waals surface area contributed by atoms with Gasteiger partial charge in [0.1, 0.15) is 5.75 Å². The zero-order valence-corrected chi connectivity index (χ0v) is 12.5. The van der Waals surface area contributed by atoms with Gasteiger partial charge < -0.3 is 5.11 Å². The Hall–Kier alpha value is -3.21. The number of carbonyl (C=O) groups is 1. The van der Waals surface area contributed by atoms with Crippen LogP contribution >= 0.6 is 0 Å². The van der Waals surface area contributed by atoms with Gasteiger partial charge in [-0.05, 0) is 35.9 Å². The van der Waals surface area contributed by atoms with E-state index in [-0.39, 0.29) is 11.7 Å². The van der Waals surface area contributed by atoms with E-state index >= 15 is 0 Å². The van der Waals surface area contributed by atoms with Crippen LogP contribution < -0.4 is 5.43 Å². The van der Waals surface area contributed by atoms with Crippen molar-refractivity contribution in [2.75, 3.05) is 0 Å². The van der Waals surface area contributed by atoms with Crippen molar-refractivity contribution in [3.05, 3.63) is 71.5 Å². The number of hydrazone groups is 1. The molecule has 0 saturated carbocycles. The van der Waals surface area contributed by atoms with Gasteiger partial charge in [-0.2, -0.15) is 5.10 Å². The molecule has 5 heteroatoms. The Morgan fingerprint density at radius 1 is 1.17 bits per heavy atom. The molecule has 0 atom stereocenters. The number of carbonyl (C=O) groups excluding carboxylic acids is 1. The summed E-state index contributed by atoms with van der Waals surface area (Å²) >= 11 is 0. The van der Waals surface area contributed by atoms with Gasteiger partial charge in [0, 0.05) is 17.5 Å². The van der Waals surface area contributed by atoms with Gasteiger partial charge in [0.15, 0.2) is 0 Å². The molecule has 3 rings (SSSR count). The number of nitrogens with one attached hydrogen (secondary N) is 1. The molecule has 0 aliphatic carbocycles. The third-order valence-electron chi connectivity index (χ3n) is 3.48. The monoisotopic (exact) mass is 305 g/mol. The highest BCUT2D eigenvalue weighted by Crippen LogP contribution is 2.25. The van der Waals surface area contributed by atoms with E-state index in [2.05, 4.69) is 15.5 Å². The minimum Gasteiger partial charge on any atom is -0.507 e. The SMILES string of the molecule is Cc1ccc(C(=O)NN=Cc2c(O)ccc3ccccc23)cn1. The summed E-state index contributed by atoms with van der Waals surface area (Å²) in [6.45, 7) is 1.85. The van der Waals surface area contributed by atoms with Crippen molar-refractivity contribution in [2.24, 2.45) is 5.10 Å². The molecular formula is C18H15N3O2. The molecule has 0 radical (unpaired) electrons. The highest BCUT2D eigenvalue weighted by Gasteiger charge is 2.06. The number of aromatic nitrogens is 1. The predicted octanol–water partition coefficient (Wildman–Crippen LogP) is 3.01. The zero-order valence-electron chi connectivity index (χ0n) is 12.5. The van der Waals surface area contributed by atoms with E-state index in [9.17, 15) is 9.90 Å². The minimum absolute atomic E-state index is 0.110. The molecule has 0 unspecified atom stereocenters. The maximum Gasteiger partial charge on any atom is 0.272 e. The third kappa shape index (κ3) is 3.18. The number of hydrogen-bond donors (Lipinski definition) is 2. The van der Waals surface area contributed by atoms with Crippen LogP contribution in [0.15, 0.2) is 59.8 Å². The first kappa shape index (κ1) is 14.7. The summed E-state index contributed by atoms with van der Waals surface area (Å²) < 4.78 is 0. The second-order valence-electron chi connectivity index (χ2n) is 5.11. The molecule has 0 aliphatic rings. The van der Waals surface area contributed by atoms with Gasteiger partial charge >= 0.3 is 0 Å². The van der Waals surface area contributed by atoms with Crippen LogP contribution in [0.5, 0.6) is 5.75 Å². The number of pyridine rings is 1. The highest BCUT2D eigenvalue weighted by atomic mass is 16.3. The Balaban J connectivity index is 1.82. The summed E-state index contributed by atoms with van der Waals surface area (Å²) in [7, 11) is 0. The molecule has 0 spiro atoms. The lowest BCUT2D eigenvalue weighted by Gasteiger charge is -2.05. The van der Waals surface area contributed by atoms with Gasteiger partial charge in [-0.1, -0.05) is 30.3 Å². The van der Waals surface area contributed by atoms with Gasteiger partial charge in [0.25, 0.3) is 5.91 Å². The number of benzene rings is 2. The van der Waals surface area contributed by atoms with E-state index in [1.54, 1.807) is 18.2 Å². The number of hydrogen-bond acceptors (Lipinski definition) is 4. The van der Waals surface area contributed by atoms with Crippen LogP contribution in [0.4, 0.5) is 0 Å². The quantitative estimate of drug-likeness (QED) is 0.577. The van der Waals surface area contributed by atoms with Crippen LogP contribution in [0.2, 0.25) is 0 Å². The Kier molecular flexibility index (Phi) is 4.01. The average Bonchev–Trinajstić information content (AvgIpc) is 2.57. The third-order valence-corrected chi connectivity index (χ3v) is 3.48. The molecule has 0 bridgehead atoms. The zero-order chi connectivity index (χ0) is 16.2. The normalized spacial score (nSPS) is 11.0. The number of rotatable bonds is 3. The summed E-state index contributed by atoms with van der Waals surface area (Å²) in [5, 5.41) is 15.8. The second-order valence-corrected chi connectivity index (χ2v) is 5.11. The van der Waals surface area contributed by atoms with Crippen LogP contribution in [0.1, 0.15) is 21.6 Å². The van der Waals surface area contributed by atoms with Gasteiger partial charge in [-0.25, -0.2) is 5.43 Å². The molecule has 1 aromatic heterocycles. The van der Waals surface area contributed by atoms with Gasteiger partial charge in [-0.15, -0.1) is 0 Å². The van der Waals surface area contributed by atoms with Crippen LogP contribution in [0.25, 0.3) is 10.8 Å². The fraction of sp³-hybridized carbons (Fsp3) is 0.0556. The number of phenols is 1. The van der Waals surface area contributed by atoms with Crippen LogP contribution in [0.3, 0.4) is 0 Å². The molecule has 0 fully saturated rings. The highest BCUT2D eigenvalue weighted by molar-refractivity contribution is 6.03. The molecular weight excluding hydrogens is 290 g/mol. The second kappa shape index (κ2) is 6.27. The van der Waals surface area contributed by atoms with E-state index in [1.807, 2.05) is 37.3 Å². The maximum absolute atomic E-state index is 12.0. The lowest BCUT2D eigenvalue weighted by molar-refractivity contribution is 0.0954. The number of nitrogens with zero attached hydrogens (tertiary/aromatic N) is 2. The molecule has 5 nitrogen and oxygen atoms in total. The smallest absolute Gasteiger partial charge is 0.272 e. The predicted molar refractivity (Wildman–Crippen MR) is 89.6 cm³/mol. The fourth-order valence-electron chi connectivity index (χ4n) is 2.24. The van der Waals surface area contributed by atoms with E-state index in [4.69, 9.17) is 0 Å². The molecule has 3 aromatic rings. The Bertz CT molecular complexity index is 886. The number of amides is 1. The average molecular weight is 305 g/mol. The number of phenolic OH excluding ortho intramolecular Hbond substituents is 1. The van der Waals surface area contributed by atoms with Crippen molar-refractivity contribution in [2.45, 2.75) is 6.92 Å². The van der Waals surface area contributed by atoms with E-state index < -0.39 is 0 Å². The van der Waals surface area contributed by atoms with Crippen molar-refractivity contribution in [1.82, 2.24) is 10.4 Å². The molecule has 2 aromatic carbocycles. The summed E-state index contributed by atoms with van der Waals surface area (Å²) in [5.74, 6) is -0.243. The first-order valence-electron chi connectivity index (χ1n) is 7.12. The topological polar surface area (TPSA) is 74.6 Å². The summed E-state index contributed by atoms with van der Waals surface area (Å²) in [5.41, 5.74) is 4.26. The van der Waals surface area contributed by atoms with Crippen molar-refractivity contribution in [1.29, 1.82) is 0 Å². The number of aryl methyl sites for hydroxylation is 1. The lowest BCUT2D eigenvalue weighted by Crippen LogP contribution is -2.17. The van der Waals surface area contributed by atoms with Crippen LogP contribution in [-0.4, -0.2) is 22.2 Å². The molecule has 0 aliphatic heterocycles. The lowest BCUT2D eigenvalue weighted by atomic mass is 10.0. The Morgan fingerprint density at radius 3 is 2.78 bits per heavy atom. The largest absolute Gasteiger partial charge is 0.507 e. The summed E-state index contributed by atoms with van der Waals surface area (Å²) in [6, 6.07) is 14.5. The van der Waals surface area contributed by atoms with Crippen molar-refractivity contribution >= 4 is 22.9 Å². The molecule has 114 valence electrons. The van der Waals surface area contributed by atoms with Crippen LogP contribution in [0, 0.1) is 6.92 Å². The van der Waals surface area contributed by atoms with E-state index in [1.165, 1.54) is 12.4 Å². The summed E-state index contributed by atoms with van der Waals surface area (Å²) in [6.07, 6.45) is 2.94. The van der Waals surface area contributed by atoms with Gasteiger partial charge in [0.2, 0.25) is 0 Å². The molecule has 1 heterocycles. The fourth-order valence-corrected chi connectivity index (χ4v) is 2.24. The van der Waals surface area contributed by atoms with E-state index in [0.29, 0.717) is 11.1 Å². The standard InChI is InChI=1S/C18H15N3O2/c1-12-6-7-14(10-19-12)18(23)21-20-11-16-15-5-3-2-4-13(15)8-9-17(16)22/h2-11,22H,1H3,(H,21,23). The van der Waals surface area contributed by atoms with Gasteiger partial charge in [-0.3, -0.25) is 9.78 Å². The maximum atomic E-state index is 12.0.